The summed E-state index contributed by atoms with van der Waals surface area (Å²) in [6, 6.07) is 0.536. The summed E-state index contributed by atoms with van der Waals surface area (Å²) >= 11 is 0. The van der Waals surface area contributed by atoms with Crippen molar-refractivity contribution >= 4 is 0 Å². The summed E-state index contributed by atoms with van der Waals surface area (Å²) in [7, 11) is 0. The van der Waals surface area contributed by atoms with Crippen LogP contribution in [0.5, 0.6) is 0 Å². The van der Waals surface area contributed by atoms with Gasteiger partial charge in [0.2, 0.25) is 0 Å². The van der Waals surface area contributed by atoms with Gasteiger partial charge in [0.15, 0.2) is 0 Å². The van der Waals surface area contributed by atoms with Crippen LogP contribution in [-0.2, 0) is 11.2 Å². The van der Waals surface area contributed by atoms with Gasteiger partial charge in [-0.1, -0.05) is 6.92 Å². The maximum absolute atomic E-state index is 5.62. The Morgan fingerprint density at radius 1 is 1.50 bits per heavy atom. The summed E-state index contributed by atoms with van der Waals surface area (Å²) < 4.78 is 5.62. The molecule has 0 amide bonds. The van der Waals surface area contributed by atoms with Gasteiger partial charge in [0.25, 0.3) is 0 Å². The quantitative estimate of drug-likeness (QED) is 0.744. The van der Waals surface area contributed by atoms with Crippen LogP contribution in [0.25, 0.3) is 0 Å². The third-order valence-corrected chi connectivity index (χ3v) is 3.70. The highest BCUT2D eigenvalue weighted by Gasteiger charge is 2.31. The summed E-state index contributed by atoms with van der Waals surface area (Å²) in [5.74, 6) is 1.90. The lowest BCUT2D eigenvalue weighted by molar-refractivity contribution is -0.0290. The Kier molecular flexibility index (Phi) is 5.20. The number of likely N-dealkylation sites (N-methyl/N-ethyl adjacent to an activating group) is 1. The third-order valence-electron chi connectivity index (χ3n) is 3.70. The summed E-state index contributed by atoms with van der Waals surface area (Å²) in [6.07, 6.45) is 8.93. The molecule has 0 bridgehead atoms. The molecule has 102 valence electrons. The average molecular weight is 251 g/mol. The third kappa shape index (κ3) is 3.82. The number of nitrogens with zero attached hydrogens (tertiary/aromatic N) is 1. The van der Waals surface area contributed by atoms with Crippen molar-refractivity contribution in [3.05, 3.63) is 18.2 Å². The molecule has 0 spiro atoms. The first-order valence-electron chi connectivity index (χ1n) is 7.15. The van der Waals surface area contributed by atoms with E-state index in [0.717, 1.165) is 31.3 Å². The largest absolute Gasteiger partial charge is 0.378 e. The molecule has 0 radical (unpaired) electrons. The first-order chi connectivity index (χ1) is 8.81. The van der Waals surface area contributed by atoms with Gasteiger partial charge in [0.05, 0.1) is 6.10 Å². The number of H-pyrrole nitrogens is 1. The average Bonchev–Trinajstić information content (AvgIpc) is 2.79. The minimum absolute atomic E-state index is 0.519. The molecule has 18 heavy (non-hydrogen) atoms. The molecule has 1 fully saturated rings. The standard InChI is InChI=1S/C14H25N3O/c1-3-15-12(10-14-16-5-6-17-14)7-11-8-13(9-11)18-4-2/h5-6,11-13,15H,3-4,7-10H2,1-2H3,(H,16,17). The Morgan fingerprint density at radius 2 is 2.33 bits per heavy atom. The van der Waals surface area contributed by atoms with E-state index in [0.29, 0.717) is 12.1 Å². The SMILES string of the molecule is CCNC(Cc1ncc[nH]1)CC1CC(OCC)C1. The van der Waals surface area contributed by atoms with E-state index in [9.17, 15) is 0 Å². The minimum Gasteiger partial charge on any atom is -0.378 e. The summed E-state index contributed by atoms with van der Waals surface area (Å²) in [4.78, 5) is 7.50. The Balaban J connectivity index is 1.73. The number of nitrogens with one attached hydrogen (secondary N) is 2. The predicted molar refractivity (Wildman–Crippen MR) is 72.5 cm³/mol. The highest BCUT2D eigenvalue weighted by atomic mass is 16.5. The Labute approximate surface area is 110 Å². The summed E-state index contributed by atoms with van der Waals surface area (Å²) in [6.45, 7) is 6.11. The fraction of sp³-hybridized carbons (Fsp3) is 0.786. The van der Waals surface area contributed by atoms with Gasteiger partial charge < -0.3 is 15.0 Å². The fourth-order valence-electron chi connectivity index (χ4n) is 2.81. The lowest BCUT2D eigenvalue weighted by Gasteiger charge is -2.37. The second-order valence-electron chi connectivity index (χ2n) is 5.15. The molecule has 2 N–H and O–H groups in total. The maximum atomic E-state index is 5.62. The zero-order chi connectivity index (χ0) is 12.8. The van der Waals surface area contributed by atoms with Gasteiger partial charge in [0, 0.05) is 31.5 Å². The van der Waals surface area contributed by atoms with Gasteiger partial charge in [-0.3, -0.25) is 0 Å². The second kappa shape index (κ2) is 6.90. The van der Waals surface area contributed by atoms with Crippen LogP contribution in [0.1, 0.15) is 38.9 Å². The summed E-state index contributed by atoms with van der Waals surface area (Å²) in [5, 5.41) is 3.57. The molecular formula is C14H25N3O. The van der Waals surface area contributed by atoms with Crippen LogP contribution in [0.3, 0.4) is 0 Å². The van der Waals surface area contributed by atoms with Crippen molar-refractivity contribution in [3.8, 4) is 0 Å². The van der Waals surface area contributed by atoms with Crippen LogP contribution in [0.2, 0.25) is 0 Å². The number of hydrogen-bond donors (Lipinski definition) is 2. The Morgan fingerprint density at radius 3 is 2.94 bits per heavy atom. The zero-order valence-electron chi connectivity index (χ0n) is 11.5. The zero-order valence-corrected chi connectivity index (χ0v) is 11.5. The van der Waals surface area contributed by atoms with Crippen molar-refractivity contribution in [3.63, 3.8) is 0 Å². The van der Waals surface area contributed by atoms with E-state index in [4.69, 9.17) is 4.74 Å². The van der Waals surface area contributed by atoms with Crippen molar-refractivity contribution < 1.29 is 4.74 Å². The molecule has 0 aliphatic heterocycles. The number of imidazole rings is 1. The molecule has 1 aromatic rings. The number of ether oxygens (including phenoxy) is 1. The van der Waals surface area contributed by atoms with Crippen molar-refractivity contribution in [1.82, 2.24) is 15.3 Å². The number of rotatable bonds is 8. The fourth-order valence-corrected chi connectivity index (χ4v) is 2.81. The molecule has 1 aliphatic carbocycles. The predicted octanol–water partition coefficient (Wildman–Crippen LogP) is 2.14. The van der Waals surface area contributed by atoms with Gasteiger partial charge in [-0.05, 0) is 38.6 Å². The molecule has 0 saturated heterocycles. The van der Waals surface area contributed by atoms with Gasteiger partial charge in [-0.25, -0.2) is 4.98 Å². The maximum Gasteiger partial charge on any atom is 0.107 e. The lowest BCUT2D eigenvalue weighted by Crippen LogP contribution is -2.39. The molecule has 1 atom stereocenters. The first kappa shape index (κ1) is 13.6. The lowest BCUT2D eigenvalue weighted by atomic mass is 9.77. The van der Waals surface area contributed by atoms with Gasteiger partial charge in [-0.2, -0.15) is 0 Å². The molecule has 0 aromatic carbocycles. The van der Waals surface area contributed by atoms with Crippen LogP contribution in [0, 0.1) is 5.92 Å². The molecule has 4 nitrogen and oxygen atoms in total. The highest BCUT2D eigenvalue weighted by molar-refractivity contribution is 4.93. The van der Waals surface area contributed by atoms with Gasteiger partial charge in [0.1, 0.15) is 5.82 Å². The number of aromatic amines is 1. The molecule has 2 rings (SSSR count). The smallest absolute Gasteiger partial charge is 0.107 e. The Hall–Kier alpha value is -0.870. The number of aromatic nitrogens is 2. The Bertz CT molecular complexity index is 320. The van der Waals surface area contributed by atoms with Crippen LogP contribution >= 0.6 is 0 Å². The second-order valence-corrected chi connectivity index (χ2v) is 5.15. The molecule has 1 unspecified atom stereocenters. The van der Waals surface area contributed by atoms with Crippen LogP contribution < -0.4 is 5.32 Å². The van der Waals surface area contributed by atoms with Crippen LogP contribution in [-0.4, -0.2) is 35.3 Å². The van der Waals surface area contributed by atoms with E-state index in [1.54, 1.807) is 0 Å². The normalized spacial score (nSPS) is 24.8. The molecule has 1 heterocycles. The van der Waals surface area contributed by atoms with Crippen molar-refractivity contribution in [1.29, 1.82) is 0 Å². The van der Waals surface area contributed by atoms with E-state index in [1.165, 1.54) is 19.3 Å². The van der Waals surface area contributed by atoms with Gasteiger partial charge >= 0.3 is 0 Å². The minimum atomic E-state index is 0.519. The number of hydrogen-bond acceptors (Lipinski definition) is 3. The van der Waals surface area contributed by atoms with Crippen LogP contribution in [0.4, 0.5) is 0 Å². The monoisotopic (exact) mass is 251 g/mol. The van der Waals surface area contributed by atoms with E-state index in [-0.39, 0.29) is 0 Å². The molecule has 4 heteroatoms. The van der Waals surface area contributed by atoms with E-state index >= 15 is 0 Å². The molecule has 1 aromatic heterocycles. The topological polar surface area (TPSA) is 49.9 Å². The first-order valence-corrected chi connectivity index (χ1v) is 7.15. The molecule has 1 saturated carbocycles. The molecule has 1 aliphatic rings. The van der Waals surface area contributed by atoms with Gasteiger partial charge in [-0.15, -0.1) is 0 Å². The van der Waals surface area contributed by atoms with E-state index in [1.807, 2.05) is 12.4 Å². The van der Waals surface area contributed by atoms with Crippen molar-refractivity contribution in [2.75, 3.05) is 13.2 Å². The van der Waals surface area contributed by atoms with Crippen molar-refractivity contribution in [2.45, 2.75) is 51.7 Å². The molecular weight excluding hydrogens is 226 g/mol. The summed E-state index contributed by atoms with van der Waals surface area (Å²) in [5.41, 5.74) is 0. The van der Waals surface area contributed by atoms with E-state index in [2.05, 4.69) is 29.1 Å². The van der Waals surface area contributed by atoms with Crippen LogP contribution in [0.15, 0.2) is 12.4 Å². The highest BCUT2D eigenvalue weighted by Crippen LogP contribution is 2.33. The van der Waals surface area contributed by atoms with Crippen molar-refractivity contribution in [2.24, 2.45) is 5.92 Å². The van der Waals surface area contributed by atoms with E-state index < -0.39 is 0 Å².